The maximum atomic E-state index is 13.9. The zero-order valence-electron chi connectivity index (χ0n) is 30.1. The zero-order valence-corrected chi connectivity index (χ0v) is 30.1. The molecule has 0 saturated carbocycles. The summed E-state index contributed by atoms with van der Waals surface area (Å²) in [5, 5.41) is 77.4. The van der Waals surface area contributed by atoms with Gasteiger partial charge in [-0.3, -0.25) is 15.0 Å². The minimum absolute atomic E-state index is 0.0123. The average Bonchev–Trinajstić information content (AvgIpc) is 3.22. The molecule has 18 heteroatoms. The van der Waals surface area contributed by atoms with Crippen LogP contribution in [0.3, 0.4) is 0 Å². The van der Waals surface area contributed by atoms with Crippen LogP contribution in [-0.4, -0.2) is 140 Å². The van der Waals surface area contributed by atoms with E-state index >= 15 is 0 Å². The van der Waals surface area contributed by atoms with E-state index in [1.54, 1.807) is 84.9 Å². The van der Waals surface area contributed by atoms with Crippen LogP contribution in [-0.2, 0) is 48.0 Å². The molecule has 0 radical (unpaired) electrons. The Morgan fingerprint density at radius 2 is 1.14 bits per heavy atom. The molecule has 56 heavy (non-hydrogen) atoms. The standard InChI is InChI=1S/C38H48N4O14/c43-18-26-28(45)29(46)32(49)37(55-26)56-33-27(19-44)54-36(31(48)30(33)47)42-41-35(51)25(17-22-12-6-2-7-13-22)39-34(50)24(16-21-10-4-1-5-11-21)40-38(52)53-20-23-14-8-3-9-15-23/h1-15,24-33,36-37,42-49H,16-20H2,(H,39,50)(H,40,52)(H,41,51)/t24-,25-,26+,27+,28-,29-,30+,31+,32+,33+,36+,37-/m0/s1. The molecule has 0 unspecified atom stereocenters. The summed E-state index contributed by atoms with van der Waals surface area (Å²) in [5.74, 6) is -1.52. The summed E-state index contributed by atoms with van der Waals surface area (Å²) in [6.45, 7) is -1.59. The first-order valence-electron chi connectivity index (χ1n) is 18.0. The molecule has 11 N–H and O–H groups in total. The van der Waals surface area contributed by atoms with E-state index in [4.69, 9.17) is 18.9 Å². The Hall–Kier alpha value is -4.57. The summed E-state index contributed by atoms with van der Waals surface area (Å²) in [5.41, 5.74) is 6.98. The first kappa shape index (κ1) is 42.6. The molecule has 3 aromatic rings. The van der Waals surface area contributed by atoms with Gasteiger partial charge in [-0.25, -0.2) is 10.2 Å². The van der Waals surface area contributed by atoms with Crippen molar-refractivity contribution in [3.63, 3.8) is 0 Å². The monoisotopic (exact) mass is 784 g/mol. The molecule has 2 saturated heterocycles. The van der Waals surface area contributed by atoms with Crippen LogP contribution in [0.2, 0.25) is 0 Å². The molecule has 0 aliphatic carbocycles. The lowest BCUT2D eigenvalue weighted by Crippen LogP contribution is -2.68. The van der Waals surface area contributed by atoms with Crippen LogP contribution in [0.4, 0.5) is 4.79 Å². The second kappa shape index (κ2) is 20.6. The van der Waals surface area contributed by atoms with Crippen molar-refractivity contribution >= 4 is 17.9 Å². The molecule has 18 nitrogen and oxygen atoms in total. The minimum Gasteiger partial charge on any atom is -0.445 e. The molecule has 0 bridgehead atoms. The summed E-state index contributed by atoms with van der Waals surface area (Å²) < 4.78 is 21.9. The van der Waals surface area contributed by atoms with Gasteiger partial charge in [0.25, 0.3) is 5.91 Å². The Balaban J connectivity index is 1.26. The molecule has 5 rings (SSSR count). The molecule has 3 amide bonds. The van der Waals surface area contributed by atoms with Crippen molar-refractivity contribution in [1.29, 1.82) is 0 Å². The number of nitrogens with one attached hydrogen (secondary N) is 4. The number of ether oxygens (including phenoxy) is 4. The van der Waals surface area contributed by atoms with E-state index in [9.17, 15) is 50.1 Å². The fourth-order valence-corrected chi connectivity index (χ4v) is 6.24. The van der Waals surface area contributed by atoms with Crippen LogP contribution >= 0.6 is 0 Å². The Bertz CT molecular complexity index is 1670. The van der Waals surface area contributed by atoms with Gasteiger partial charge in [0, 0.05) is 12.8 Å². The van der Waals surface area contributed by atoms with Gasteiger partial charge in [-0.1, -0.05) is 91.0 Å². The number of benzene rings is 3. The number of alkyl carbamates (subject to hydrolysis) is 1. The number of hydrogen-bond acceptors (Lipinski definition) is 15. The van der Waals surface area contributed by atoms with Gasteiger partial charge in [-0.2, -0.15) is 0 Å². The number of carbonyl (C=O) groups is 3. The lowest BCUT2D eigenvalue weighted by Gasteiger charge is -2.46. The highest BCUT2D eigenvalue weighted by molar-refractivity contribution is 5.91. The summed E-state index contributed by atoms with van der Waals surface area (Å²) >= 11 is 0. The first-order chi connectivity index (χ1) is 27.0. The van der Waals surface area contributed by atoms with Crippen LogP contribution in [0.1, 0.15) is 16.7 Å². The Morgan fingerprint density at radius 1 is 0.607 bits per heavy atom. The van der Waals surface area contributed by atoms with E-state index in [1.165, 1.54) is 0 Å². The summed E-state index contributed by atoms with van der Waals surface area (Å²) in [4.78, 5) is 40.5. The van der Waals surface area contributed by atoms with Crippen molar-refractivity contribution in [1.82, 2.24) is 21.5 Å². The SMILES string of the molecule is O=C(N[C@@H](Cc1ccccc1)C(=O)N[C@@H](Cc1ccccc1)C(=O)NN[C@@H]1O[C@H](CO)[C@@H](O[C@@H]2O[C@H](CO)[C@H](O)[C@H](O)[C@H]2O)[C@H](O)[C@H]1O)OCc1ccccc1. The number of amides is 3. The van der Waals surface area contributed by atoms with Crippen molar-refractivity contribution < 1.29 is 69.1 Å². The molecule has 2 aliphatic heterocycles. The first-order valence-corrected chi connectivity index (χ1v) is 18.0. The fourth-order valence-electron chi connectivity index (χ4n) is 6.24. The quantitative estimate of drug-likeness (QED) is 0.0670. The van der Waals surface area contributed by atoms with Crippen molar-refractivity contribution in [3.05, 3.63) is 108 Å². The second-order valence-corrected chi connectivity index (χ2v) is 13.4. The molecule has 2 fully saturated rings. The third-order valence-corrected chi connectivity index (χ3v) is 9.36. The van der Waals surface area contributed by atoms with E-state index in [0.29, 0.717) is 5.56 Å². The molecular weight excluding hydrogens is 736 g/mol. The van der Waals surface area contributed by atoms with Gasteiger partial charge < -0.3 is 65.3 Å². The number of hydrogen-bond donors (Lipinski definition) is 11. The van der Waals surface area contributed by atoms with Crippen molar-refractivity contribution in [3.8, 4) is 0 Å². The smallest absolute Gasteiger partial charge is 0.408 e. The third kappa shape index (κ3) is 11.3. The van der Waals surface area contributed by atoms with Crippen LogP contribution in [0.25, 0.3) is 0 Å². The summed E-state index contributed by atoms with van der Waals surface area (Å²) in [7, 11) is 0. The molecule has 304 valence electrons. The van der Waals surface area contributed by atoms with Crippen LogP contribution in [0, 0.1) is 0 Å². The van der Waals surface area contributed by atoms with Crippen LogP contribution < -0.4 is 21.5 Å². The lowest BCUT2D eigenvalue weighted by atomic mass is 9.96. The largest absolute Gasteiger partial charge is 0.445 e. The Morgan fingerprint density at radius 3 is 1.70 bits per heavy atom. The van der Waals surface area contributed by atoms with E-state index in [-0.39, 0.29) is 19.4 Å². The van der Waals surface area contributed by atoms with Crippen LogP contribution in [0.15, 0.2) is 91.0 Å². The lowest BCUT2D eigenvalue weighted by molar-refractivity contribution is -0.343. The fraction of sp³-hybridized carbons (Fsp3) is 0.447. The van der Waals surface area contributed by atoms with Crippen molar-refractivity contribution in [2.45, 2.75) is 92.9 Å². The number of carbonyl (C=O) groups excluding carboxylic acids is 3. The Labute approximate surface area is 322 Å². The van der Waals surface area contributed by atoms with Gasteiger partial charge in [0.2, 0.25) is 5.91 Å². The van der Waals surface area contributed by atoms with Gasteiger partial charge in [-0.15, -0.1) is 0 Å². The predicted molar refractivity (Wildman–Crippen MR) is 193 cm³/mol. The highest BCUT2D eigenvalue weighted by Gasteiger charge is 2.50. The van der Waals surface area contributed by atoms with E-state index in [2.05, 4.69) is 21.5 Å². The number of hydrazine groups is 1. The normalized spacial score (nSPS) is 28.7. The third-order valence-electron chi connectivity index (χ3n) is 9.36. The van der Waals surface area contributed by atoms with E-state index in [0.717, 1.165) is 11.1 Å². The highest BCUT2D eigenvalue weighted by atomic mass is 16.7. The van der Waals surface area contributed by atoms with Crippen molar-refractivity contribution in [2.75, 3.05) is 13.2 Å². The molecule has 0 aromatic heterocycles. The molecular formula is C38H48N4O14. The number of aliphatic hydroxyl groups is 7. The van der Waals surface area contributed by atoms with Gasteiger partial charge in [0.1, 0.15) is 67.5 Å². The van der Waals surface area contributed by atoms with Gasteiger partial charge in [0.05, 0.1) is 13.2 Å². The molecule has 2 heterocycles. The van der Waals surface area contributed by atoms with Gasteiger partial charge >= 0.3 is 6.09 Å². The minimum atomic E-state index is -1.84. The summed E-state index contributed by atoms with van der Waals surface area (Å²) in [6, 6.07) is 24.2. The molecule has 2 aliphatic rings. The number of rotatable bonds is 16. The topological polar surface area (TPSA) is 278 Å². The molecule has 0 spiro atoms. The van der Waals surface area contributed by atoms with Gasteiger partial charge in [0.15, 0.2) is 12.5 Å². The molecule has 12 atom stereocenters. The predicted octanol–water partition coefficient (Wildman–Crippen LogP) is -2.50. The second-order valence-electron chi connectivity index (χ2n) is 13.4. The maximum absolute atomic E-state index is 13.9. The zero-order chi connectivity index (χ0) is 40.2. The number of aliphatic hydroxyl groups excluding tert-OH is 7. The summed E-state index contributed by atoms with van der Waals surface area (Å²) in [6.07, 6.45) is -17.4. The van der Waals surface area contributed by atoms with E-state index < -0.39 is 105 Å². The molecule has 3 aromatic carbocycles. The van der Waals surface area contributed by atoms with Crippen molar-refractivity contribution in [2.24, 2.45) is 0 Å². The van der Waals surface area contributed by atoms with Gasteiger partial charge in [-0.05, 0) is 16.7 Å². The Kier molecular flexibility index (Phi) is 15.6. The highest BCUT2D eigenvalue weighted by Crippen LogP contribution is 2.28. The van der Waals surface area contributed by atoms with E-state index in [1.807, 2.05) is 6.07 Å². The average molecular weight is 785 g/mol. The van der Waals surface area contributed by atoms with Crippen LogP contribution in [0.5, 0.6) is 0 Å². The maximum Gasteiger partial charge on any atom is 0.408 e.